The molecule has 2 aliphatic rings. The molecule has 2 heterocycles. The number of amides is 1. The predicted molar refractivity (Wildman–Crippen MR) is 119 cm³/mol. The number of benzene rings is 2. The Morgan fingerprint density at radius 1 is 1.16 bits per heavy atom. The summed E-state index contributed by atoms with van der Waals surface area (Å²) in [6.07, 6.45) is 1.84. The smallest absolute Gasteiger partial charge is 0.263 e. The molecule has 4 rings (SSSR count). The van der Waals surface area contributed by atoms with Gasteiger partial charge in [-0.25, -0.2) is 8.42 Å². The highest BCUT2D eigenvalue weighted by molar-refractivity contribution is 7.92. The van der Waals surface area contributed by atoms with E-state index in [1.807, 2.05) is 31.2 Å². The number of ether oxygens (including phenoxy) is 2. The van der Waals surface area contributed by atoms with Crippen LogP contribution in [0.2, 0.25) is 0 Å². The molecule has 1 fully saturated rings. The molecule has 2 aromatic rings. The molecule has 0 aromatic heterocycles. The lowest BCUT2D eigenvalue weighted by Gasteiger charge is -2.39. The molecule has 8 heteroatoms. The topological polar surface area (TPSA) is 84.9 Å². The monoisotopic (exact) mass is 444 g/mol. The molecular formula is C23H28N2O5S. The Morgan fingerprint density at radius 3 is 2.55 bits per heavy atom. The van der Waals surface area contributed by atoms with Gasteiger partial charge in [0.05, 0.1) is 18.5 Å². The minimum atomic E-state index is -3.56. The van der Waals surface area contributed by atoms with Crippen LogP contribution in [0.5, 0.6) is 5.75 Å². The minimum absolute atomic E-state index is 0.0530. The summed E-state index contributed by atoms with van der Waals surface area (Å²) in [5.74, 6) is 0.0768. The minimum Gasteiger partial charge on any atom is -0.476 e. The van der Waals surface area contributed by atoms with Gasteiger partial charge in [-0.3, -0.25) is 9.10 Å². The molecular weight excluding hydrogens is 416 g/mol. The summed E-state index contributed by atoms with van der Waals surface area (Å²) in [4.78, 5) is 13.1. The van der Waals surface area contributed by atoms with Crippen LogP contribution in [0.4, 0.5) is 5.69 Å². The van der Waals surface area contributed by atoms with Crippen molar-refractivity contribution in [3.63, 3.8) is 0 Å². The third-order valence-corrected chi connectivity index (χ3v) is 7.26. The van der Waals surface area contributed by atoms with E-state index < -0.39 is 16.1 Å². The molecule has 31 heavy (non-hydrogen) atoms. The summed E-state index contributed by atoms with van der Waals surface area (Å²) in [7, 11) is -3.56. The summed E-state index contributed by atoms with van der Waals surface area (Å²) in [6.45, 7) is 3.55. The molecule has 0 unspecified atom stereocenters. The highest BCUT2D eigenvalue weighted by atomic mass is 32.2. The van der Waals surface area contributed by atoms with Crippen molar-refractivity contribution in [1.82, 2.24) is 5.32 Å². The number of nitrogens with one attached hydrogen (secondary N) is 1. The van der Waals surface area contributed by atoms with Crippen LogP contribution >= 0.6 is 0 Å². The molecule has 1 atom stereocenters. The fourth-order valence-electron chi connectivity index (χ4n) is 4.30. The Labute approximate surface area is 183 Å². The first-order valence-corrected chi connectivity index (χ1v) is 12.3. The maximum atomic E-state index is 13.1. The van der Waals surface area contributed by atoms with Gasteiger partial charge in [0, 0.05) is 25.2 Å². The molecule has 7 nitrogen and oxygen atoms in total. The Hall–Kier alpha value is -2.58. The number of aryl methyl sites for hydroxylation is 1. The van der Waals surface area contributed by atoms with E-state index in [0.29, 0.717) is 31.2 Å². The van der Waals surface area contributed by atoms with Crippen molar-refractivity contribution in [1.29, 1.82) is 0 Å². The summed E-state index contributed by atoms with van der Waals surface area (Å²) in [5, 5.41) is 3.03. The number of rotatable bonds is 5. The Morgan fingerprint density at radius 2 is 1.87 bits per heavy atom. The third kappa shape index (κ3) is 4.55. The van der Waals surface area contributed by atoms with E-state index in [1.165, 1.54) is 9.87 Å². The SMILES string of the molecule is Cc1ccc2c(c1)N(S(C)(=O)=O)C[C@H](C(=O)NCC1(c3ccccc3)CCOCC1)O2. The Balaban J connectivity index is 1.53. The van der Waals surface area contributed by atoms with Crippen molar-refractivity contribution in [3.05, 3.63) is 59.7 Å². The van der Waals surface area contributed by atoms with Crippen molar-refractivity contribution < 1.29 is 22.7 Å². The normalized spacial score (nSPS) is 20.5. The van der Waals surface area contributed by atoms with Gasteiger partial charge >= 0.3 is 0 Å². The molecule has 2 aliphatic heterocycles. The van der Waals surface area contributed by atoms with E-state index in [0.717, 1.165) is 24.7 Å². The number of sulfonamides is 1. The van der Waals surface area contributed by atoms with Gasteiger partial charge in [0.1, 0.15) is 5.75 Å². The van der Waals surface area contributed by atoms with E-state index in [9.17, 15) is 13.2 Å². The molecule has 1 N–H and O–H groups in total. The average Bonchev–Trinajstić information content (AvgIpc) is 2.77. The predicted octanol–water partition coefficient (Wildman–Crippen LogP) is 2.39. The Kier molecular flexibility index (Phi) is 5.94. The van der Waals surface area contributed by atoms with E-state index in [1.54, 1.807) is 12.1 Å². The highest BCUT2D eigenvalue weighted by Gasteiger charge is 2.38. The lowest BCUT2D eigenvalue weighted by atomic mass is 9.74. The number of nitrogens with zero attached hydrogens (tertiary/aromatic N) is 1. The van der Waals surface area contributed by atoms with Gasteiger partial charge in [-0.15, -0.1) is 0 Å². The van der Waals surface area contributed by atoms with Crippen LogP contribution in [0.15, 0.2) is 48.5 Å². The second kappa shape index (κ2) is 8.51. The zero-order valence-corrected chi connectivity index (χ0v) is 18.7. The quantitative estimate of drug-likeness (QED) is 0.766. The van der Waals surface area contributed by atoms with Crippen LogP contribution in [0.25, 0.3) is 0 Å². The van der Waals surface area contributed by atoms with Crippen molar-refractivity contribution in [2.24, 2.45) is 0 Å². The van der Waals surface area contributed by atoms with Crippen LogP contribution in [0, 0.1) is 6.92 Å². The zero-order chi connectivity index (χ0) is 22.1. The second-order valence-electron chi connectivity index (χ2n) is 8.35. The number of carbonyl (C=O) groups excluding carboxylic acids is 1. The van der Waals surface area contributed by atoms with E-state index in [4.69, 9.17) is 9.47 Å². The molecule has 166 valence electrons. The molecule has 0 aliphatic carbocycles. The van der Waals surface area contributed by atoms with Crippen molar-refractivity contribution >= 4 is 21.6 Å². The summed E-state index contributed by atoms with van der Waals surface area (Å²) >= 11 is 0. The lowest BCUT2D eigenvalue weighted by Crippen LogP contribution is -2.53. The van der Waals surface area contributed by atoms with Gasteiger partial charge in [-0.05, 0) is 43.0 Å². The molecule has 2 aromatic carbocycles. The fourth-order valence-corrected chi connectivity index (χ4v) is 5.21. The van der Waals surface area contributed by atoms with Crippen LogP contribution < -0.4 is 14.4 Å². The van der Waals surface area contributed by atoms with Gasteiger partial charge in [-0.1, -0.05) is 36.4 Å². The largest absolute Gasteiger partial charge is 0.476 e. The fraction of sp³-hybridized carbons (Fsp3) is 0.435. The number of fused-ring (bicyclic) bond motifs is 1. The molecule has 0 radical (unpaired) electrons. The Bertz CT molecular complexity index is 1050. The molecule has 0 saturated carbocycles. The first-order chi connectivity index (χ1) is 14.8. The van der Waals surface area contributed by atoms with Gasteiger partial charge < -0.3 is 14.8 Å². The first-order valence-electron chi connectivity index (χ1n) is 10.4. The van der Waals surface area contributed by atoms with Crippen LogP contribution in [-0.2, 0) is 25.0 Å². The third-order valence-electron chi connectivity index (χ3n) is 6.11. The molecule has 0 bridgehead atoms. The zero-order valence-electron chi connectivity index (χ0n) is 17.8. The standard InChI is InChI=1S/C23H28N2O5S/c1-17-8-9-20-19(14-17)25(31(2,27)28)15-21(30-20)22(26)24-16-23(10-12-29-13-11-23)18-6-4-3-5-7-18/h3-9,14,21H,10-13,15-16H2,1-2H3,(H,24,26)/t21-/m1/s1. The van der Waals surface area contributed by atoms with Gasteiger partial charge in [-0.2, -0.15) is 0 Å². The summed E-state index contributed by atoms with van der Waals surface area (Å²) < 4.78 is 37.5. The number of carbonyl (C=O) groups is 1. The molecule has 1 saturated heterocycles. The highest BCUT2D eigenvalue weighted by Crippen LogP contribution is 2.37. The maximum Gasteiger partial charge on any atom is 0.263 e. The van der Waals surface area contributed by atoms with Crippen molar-refractivity contribution in [2.45, 2.75) is 31.3 Å². The van der Waals surface area contributed by atoms with Gasteiger partial charge in [0.2, 0.25) is 10.0 Å². The summed E-state index contributed by atoms with van der Waals surface area (Å²) in [5.41, 5.74) is 2.34. The van der Waals surface area contributed by atoms with Crippen molar-refractivity contribution in [3.8, 4) is 5.75 Å². The molecule has 0 spiro atoms. The number of anilines is 1. The van der Waals surface area contributed by atoms with Crippen LogP contribution in [0.1, 0.15) is 24.0 Å². The number of hydrogen-bond acceptors (Lipinski definition) is 5. The maximum absolute atomic E-state index is 13.1. The second-order valence-corrected chi connectivity index (χ2v) is 10.3. The number of hydrogen-bond donors (Lipinski definition) is 1. The molecule has 1 amide bonds. The van der Waals surface area contributed by atoms with Crippen LogP contribution in [-0.4, -0.2) is 53.0 Å². The first kappa shape index (κ1) is 21.6. The van der Waals surface area contributed by atoms with Crippen molar-refractivity contribution in [2.75, 3.05) is 36.9 Å². The lowest BCUT2D eigenvalue weighted by molar-refractivity contribution is -0.128. The van der Waals surface area contributed by atoms with E-state index >= 15 is 0 Å². The average molecular weight is 445 g/mol. The van der Waals surface area contributed by atoms with Crippen LogP contribution in [0.3, 0.4) is 0 Å². The van der Waals surface area contributed by atoms with Gasteiger partial charge in [0.15, 0.2) is 6.10 Å². The van der Waals surface area contributed by atoms with Gasteiger partial charge in [0.25, 0.3) is 5.91 Å². The van der Waals surface area contributed by atoms with E-state index in [2.05, 4.69) is 17.4 Å². The summed E-state index contributed by atoms with van der Waals surface area (Å²) in [6, 6.07) is 15.5. The van der Waals surface area contributed by atoms with E-state index in [-0.39, 0.29) is 17.9 Å².